The Bertz CT molecular complexity index is 1080. The van der Waals surface area contributed by atoms with Gasteiger partial charge >= 0.3 is 5.97 Å². The second-order valence-electron chi connectivity index (χ2n) is 10.9. The molecule has 2 amide bonds. The van der Waals surface area contributed by atoms with Crippen molar-refractivity contribution in [2.24, 2.45) is 11.8 Å². The number of fused-ring (bicyclic) bond motifs is 1. The zero-order valence-electron chi connectivity index (χ0n) is 23.3. The molecule has 5 atom stereocenters. The van der Waals surface area contributed by atoms with E-state index >= 15 is 0 Å². The maximum Gasteiger partial charge on any atom is 0.312 e. The van der Waals surface area contributed by atoms with Crippen LogP contribution < -0.4 is 4.90 Å². The van der Waals surface area contributed by atoms with Gasteiger partial charge in [-0.1, -0.05) is 30.4 Å². The number of para-hydroxylation sites is 1. The SMILES string of the molecule is C=CCCCOC(=O)[C@@H]1[C@H]2C(=O)N(CCCCCO)C(C(=O)N(CC=C)c3c(C)cccc3C)C23CC[C@H]1O3. The third-order valence-electron chi connectivity index (χ3n) is 8.45. The van der Waals surface area contributed by atoms with Gasteiger partial charge < -0.3 is 24.4 Å². The lowest BCUT2D eigenvalue weighted by Crippen LogP contribution is -2.56. The number of allylic oxidation sites excluding steroid dienone is 1. The first kappa shape index (κ1) is 29.0. The van der Waals surface area contributed by atoms with Crippen LogP contribution in [0.3, 0.4) is 0 Å². The second-order valence-corrected chi connectivity index (χ2v) is 10.9. The van der Waals surface area contributed by atoms with E-state index < -0.39 is 35.6 Å². The third kappa shape index (κ3) is 5.29. The number of unbranched alkanes of at least 4 members (excludes halogenated alkanes) is 3. The lowest BCUT2D eigenvalue weighted by atomic mass is 9.70. The first-order valence-corrected chi connectivity index (χ1v) is 14.2. The van der Waals surface area contributed by atoms with Crippen molar-refractivity contribution in [1.82, 2.24) is 4.90 Å². The number of hydrogen-bond donors (Lipinski definition) is 1. The summed E-state index contributed by atoms with van der Waals surface area (Å²) < 4.78 is 12.1. The van der Waals surface area contributed by atoms with E-state index in [1.54, 1.807) is 22.0 Å². The molecule has 4 rings (SSSR count). The summed E-state index contributed by atoms with van der Waals surface area (Å²) in [6, 6.07) is 5.04. The molecular weight excluding hydrogens is 496 g/mol. The largest absolute Gasteiger partial charge is 0.465 e. The Morgan fingerprint density at radius 3 is 2.59 bits per heavy atom. The van der Waals surface area contributed by atoms with Gasteiger partial charge in [-0.3, -0.25) is 14.4 Å². The summed E-state index contributed by atoms with van der Waals surface area (Å²) in [5, 5.41) is 9.25. The van der Waals surface area contributed by atoms with Crippen LogP contribution in [0, 0.1) is 25.7 Å². The third-order valence-corrected chi connectivity index (χ3v) is 8.45. The minimum atomic E-state index is -1.07. The van der Waals surface area contributed by atoms with Gasteiger partial charge in [0.15, 0.2) is 0 Å². The smallest absolute Gasteiger partial charge is 0.312 e. The summed E-state index contributed by atoms with van der Waals surface area (Å²) in [4.78, 5) is 45.3. The molecule has 1 spiro atoms. The number of anilines is 1. The number of carbonyl (C=O) groups excluding carboxylic acids is 3. The van der Waals surface area contributed by atoms with Crippen LogP contribution in [-0.4, -0.2) is 71.8 Å². The average molecular weight is 539 g/mol. The molecule has 3 aliphatic rings. The molecule has 0 radical (unpaired) electrons. The van der Waals surface area contributed by atoms with E-state index in [2.05, 4.69) is 13.2 Å². The van der Waals surface area contributed by atoms with Gasteiger partial charge in [0.25, 0.3) is 5.91 Å². The van der Waals surface area contributed by atoms with Crippen LogP contribution in [0.15, 0.2) is 43.5 Å². The van der Waals surface area contributed by atoms with Crippen molar-refractivity contribution in [3.8, 4) is 0 Å². The van der Waals surface area contributed by atoms with E-state index in [4.69, 9.17) is 9.47 Å². The van der Waals surface area contributed by atoms with Crippen LogP contribution in [0.2, 0.25) is 0 Å². The van der Waals surface area contributed by atoms with Crippen molar-refractivity contribution in [3.63, 3.8) is 0 Å². The van der Waals surface area contributed by atoms with Crippen molar-refractivity contribution >= 4 is 23.5 Å². The zero-order valence-corrected chi connectivity index (χ0v) is 23.3. The van der Waals surface area contributed by atoms with E-state index in [9.17, 15) is 19.5 Å². The lowest BCUT2D eigenvalue weighted by Gasteiger charge is -2.37. The van der Waals surface area contributed by atoms with E-state index in [-0.39, 0.29) is 31.6 Å². The number of nitrogens with zero attached hydrogens (tertiary/aromatic N) is 2. The lowest BCUT2D eigenvalue weighted by molar-refractivity contribution is -0.155. The van der Waals surface area contributed by atoms with Gasteiger partial charge in [0, 0.05) is 25.4 Å². The van der Waals surface area contributed by atoms with Gasteiger partial charge in [-0.2, -0.15) is 0 Å². The molecule has 0 aliphatic carbocycles. The van der Waals surface area contributed by atoms with Gasteiger partial charge in [0.1, 0.15) is 11.6 Å². The highest BCUT2D eigenvalue weighted by molar-refractivity contribution is 6.05. The quantitative estimate of drug-likeness (QED) is 0.220. The average Bonchev–Trinajstić information content (AvgIpc) is 3.55. The Kier molecular flexibility index (Phi) is 9.28. The molecule has 1 N–H and O–H groups in total. The molecule has 8 nitrogen and oxygen atoms in total. The summed E-state index contributed by atoms with van der Waals surface area (Å²) in [5.41, 5.74) is 1.64. The van der Waals surface area contributed by atoms with E-state index in [0.29, 0.717) is 38.6 Å². The highest BCUT2D eigenvalue weighted by Crippen LogP contribution is 2.59. The Hall–Kier alpha value is -2.97. The molecule has 3 heterocycles. The van der Waals surface area contributed by atoms with Crippen molar-refractivity contribution in [3.05, 3.63) is 54.6 Å². The number of aliphatic hydroxyl groups excluding tert-OH is 1. The highest BCUT2D eigenvalue weighted by atomic mass is 16.6. The first-order chi connectivity index (χ1) is 18.8. The predicted molar refractivity (Wildman–Crippen MR) is 149 cm³/mol. The number of aryl methyl sites for hydroxylation is 2. The fraction of sp³-hybridized carbons (Fsp3) is 0.581. The van der Waals surface area contributed by atoms with Gasteiger partial charge in [-0.05, 0) is 69.9 Å². The molecule has 2 unspecified atom stereocenters. The molecule has 1 aromatic carbocycles. The highest BCUT2D eigenvalue weighted by Gasteiger charge is 2.75. The molecule has 3 saturated heterocycles. The molecule has 212 valence electrons. The molecule has 3 aliphatic heterocycles. The number of ether oxygens (including phenoxy) is 2. The van der Waals surface area contributed by atoms with Crippen molar-refractivity contribution < 1.29 is 29.0 Å². The summed E-state index contributed by atoms with van der Waals surface area (Å²) in [6.45, 7) is 12.5. The number of hydrogen-bond acceptors (Lipinski definition) is 6. The van der Waals surface area contributed by atoms with Crippen LogP contribution in [0.4, 0.5) is 5.69 Å². The summed E-state index contributed by atoms with van der Waals surface area (Å²) in [7, 11) is 0. The van der Waals surface area contributed by atoms with E-state index in [1.807, 2.05) is 32.0 Å². The fourth-order valence-corrected chi connectivity index (χ4v) is 6.81. The van der Waals surface area contributed by atoms with Crippen molar-refractivity contribution in [1.29, 1.82) is 0 Å². The Morgan fingerprint density at radius 1 is 1.18 bits per heavy atom. The number of carbonyl (C=O) groups is 3. The summed E-state index contributed by atoms with van der Waals surface area (Å²) in [5.74, 6) is -2.33. The number of benzene rings is 1. The Morgan fingerprint density at radius 2 is 1.92 bits per heavy atom. The maximum absolute atomic E-state index is 14.6. The van der Waals surface area contributed by atoms with Gasteiger partial charge in [-0.15, -0.1) is 13.2 Å². The zero-order chi connectivity index (χ0) is 28.2. The molecule has 0 saturated carbocycles. The van der Waals surface area contributed by atoms with E-state index in [1.165, 1.54) is 0 Å². The number of esters is 1. The minimum absolute atomic E-state index is 0.0765. The van der Waals surface area contributed by atoms with Crippen molar-refractivity contribution in [2.75, 3.05) is 31.2 Å². The molecular formula is C31H42N2O6. The summed E-state index contributed by atoms with van der Waals surface area (Å²) in [6.07, 6.45) is 7.56. The minimum Gasteiger partial charge on any atom is -0.465 e. The van der Waals surface area contributed by atoms with Crippen LogP contribution in [0.25, 0.3) is 0 Å². The van der Waals surface area contributed by atoms with Crippen LogP contribution >= 0.6 is 0 Å². The topological polar surface area (TPSA) is 96.4 Å². The fourth-order valence-electron chi connectivity index (χ4n) is 6.81. The van der Waals surface area contributed by atoms with Crippen LogP contribution in [0.5, 0.6) is 0 Å². The maximum atomic E-state index is 14.6. The molecule has 3 fully saturated rings. The molecule has 0 aromatic heterocycles. The van der Waals surface area contributed by atoms with Gasteiger partial charge in [0.2, 0.25) is 5.91 Å². The molecule has 2 bridgehead atoms. The van der Waals surface area contributed by atoms with Crippen LogP contribution in [-0.2, 0) is 23.9 Å². The Labute approximate surface area is 231 Å². The monoisotopic (exact) mass is 538 g/mol. The second kappa shape index (κ2) is 12.5. The normalized spacial score (nSPS) is 26.9. The standard InChI is InChI=1S/C31H42N2O6/c1-5-7-11-20-38-30(37)24-23-15-16-31(39-23)25(24)28(35)33(18-9-8-10-19-34)27(31)29(36)32(17-6-2)26-21(3)13-12-14-22(26)4/h5-6,12-14,23-25,27,34H,1-2,7-11,15-20H2,3-4H3/t23-,24+,25+,27?,31?/m1/s1. The number of amides is 2. The predicted octanol–water partition coefficient (Wildman–Crippen LogP) is 3.87. The van der Waals surface area contributed by atoms with Crippen LogP contribution in [0.1, 0.15) is 56.1 Å². The number of rotatable bonds is 14. The van der Waals surface area contributed by atoms with Gasteiger partial charge in [0.05, 0.1) is 24.5 Å². The van der Waals surface area contributed by atoms with E-state index in [0.717, 1.165) is 29.7 Å². The number of likely N-dealkylation sites (tertiary alicyclic amines) is 1. The molecule has 39 heavy (non-hydrogen) atoms. The first-order valence-electron chi connectivity index (χ1n) is 14.2. The molecule has 8 heteroatoms. The Balaban J connectivity index is 1.70. The van der Waals surface area contributed by atoms with Crippen molar-refractivity contribution in [2.45, 2.75) is 76.5 Å². The molecule has 1 aromatic rings. The number of aliphatic hydroxyl groups is 1. The van der Waals surface area contributed by atoms with Gasteiger partial charge in [-0.25, -0.2) is 0 Å². The summed E-state index contributed by atoms with van der Waals surface area (Å²) >= 11 is 0.